The number of benzene rings is 1. The van der Waals surface area contributed by atoms with Crippen LogP contribution < -0.4 is 0 Å². The third-order valence-electron chi connectivity index (χ3n) is 4.18. The van der Waals surface area contributed by atoms with Gasteiger partial charge in [-0.1, -0.05) is 19.9 Å². The van der Waals surface area contributed by atoms with Crippen molar-refractivity contribution in [1.29, 1.82) is 0 Å². The third kappa shape index (κ3) is 3.43. The molecule has 0 radical (unpaired) electrons. The number of nitrogens with zero attached hydrogens (tertiary/aromatic N) is 2. The van der Waals surface area contributed by atoms with Gasteiger partial charge in [-0.2, -0.15) is 0 Å². The smallest absolute Gasteiger partial charge is 0.284 e. The molecule has 1 aromatic rings. The highest BCUT2D eigenvalue weighted by molar-refractivity contribution is 9.10. The number of rotatable bonds is 3. The van der Waals surface area contributed by atoms with Crippen LogP contribution in [0.25, 0.3) is 0 Å². The minimum Gasteiger partial charge on any atom is -0.339 e. The maximum absolute atomic E-state index is 12.5. The largest absolute Gasteiger partial charge is 0.339 e. The van der Waals surface area contributed by atoms with Gasteiger partial charge in [0, 0.05) is 19.2 Å². The Morgan fingerprint density at radius 3 is 2.52 bits per heavy atom. The van der Waals surface area contributed by atoms with Gasteiger partial charge in [-0.25, -0.2) is 0 Å². The minimum atomic E-state index is -0.480. The van der Waals surface area contributed by atoms with E-state index >= 15 is 0 Å². The SMILES string of the molecule is CC(C)C1CCN(C(=O)c2cccc([N+](=O)[O-])c2Br)CC1. The Kier molecular flexibility index (Phi) is 4.98. The summed E-state index contributed by atoms with van der Waals surface area (Å²) < 4.78 is 0.269. The van der Waals surface area contributed by atoms with Crippen molar-refractivity contribution in [3.8, 4) is 0 Å². The Morgan fingerprint density at radius 2 is 2.00 bits per heavy atom. The molecule has 0 N–H and O–H groups in total. The molecule has 2 rings (SSSR count). The fraction of sp³-hybridized carbons (Fsp3) is 0.533. The second-order valence-electron chi connectivity index (χ2n) is 5.77. The van der Waals surface area contributed by atoms with Crippen LogP contribution in [0, 0.1) is 22.0 Å². The quantitative estimate of drug-likeness (QED) is 0.611. The van der Waals surface area contributed by atoms with Crippen molar-refractivity contribution < 1.29 is 9.72 Å². The van der Waals surface area contributed by atoms with Crippen molar-refractivity contribution in [3.63, 3.8) is 0 Å². The Morgan fingerprint density at radius 1 is 1.38 bits per heavy atom. The number of nitro groups is 1. The van der Waals surface area contributed by atoms with Crippen LogP contribution in [0.3, 0.4) is 0 Å². The Hall–Kier alpha value is -1.43. The van der Waals surface area contributed by atoms with E-state index in [1.807, 2.05) is 0 Å². The number of piperidine rings is 1. The van der Waals surface area contributed by atoms with Crippen molar-refractivity contribution in [3.05, 3.63) is 38.3 Å². The van der Waals surface area contributed by atoms with Gasteiger partial charge in [-0.05, 0) is 46.7 Å². The summed E-state index contributed by atoms with van der Waals surface area (Å²) in [6.45, 7) is 5.85. The highest BCUT2D eigenvalue weighted by atomic mass is 79.9. The second kappa shape index (κ2) is 6.56. The number of hydrogen-bond acceptors (Lipinski definition) is 3. The summed E-state index contributed by atoms with van der Waals surface area (Å²) in [5.41, 5.74) is 0.296. The van der Waals surface area contributed by atoms with Crippen molar-refractivity contribution in [2.24, 2.45) is 11.8 Å². The first kappa shape index (κ1) is 15.9. The summed E-state index contributed by atoms with van der Waals surface area (Å²) in [4.78, 5) is 24.8. The molecule has 1 aromatic carbocycles. The molecule has 0 aromatic heterocycles. The van der Waals surface area contributed by atoms with Crippen molar-refractivity contribution >= 4 is 27.5 Å². The molecule has 1 heterocycles. The summed E-state index contributed by atoms with van der Waals surface area (Å²) in [6.07, 6.45) is 1.99. The second-order valence-corrected chi connectivity index (χ2v) is 6.56. The van der Waals surface area contributed by atoms with Crippen LogP contribution in [-0.2, 0) is 0 Å². The minimum absolute atomic E-state index is 0.0714. The fourth-order valence-corrected chi connectivity index (χ4v) is 3.34. The van der Waals surface area contributed by atoms with Gasteiger partial charge in [-0.15, -0.1) is 0 Å². The third-order valence-corrected chi connectivity index (χ3v) is 5.01. The molecule has 5 nitrogen and oxygen atoms in total. The maximum atomic E-state index is 12.5. The lowest BCUT2D eigenvalue weighted by atomic mass is 9.86. The first-order valence-electron chi connectivity index (χ1n) is 7.14. The first-order chi connectivity index (χ1) is 9.91. The van der Waals surface area contributed by atoms with E-state index in [4.69, 9.17) is 0 Å². The summed E-state index contributed by atoms with van der Waals surface area (Å²) in [5, 5.41) is 10.9. The predicted octanol–water partition coefficient (Wildman–Crippen LogP) is 3.87. The molecule has 1 aliphatic heterocycles. The van der Waals surface area contributed by atoms with Crippen LogP contribution >= 0.6 is 15.9 Å². The van der Waals surface area contributed by atoms with Crippen LogP contribution in [-0.4, -0.2) is 28.8 Å². The van der Waals surface area contributed by atoms with E-state index in [9.17, 15) is 14.9 Å². The van der Waals surface area contributed by atoms with E-state index in [2.05, 4.69) is 29.8 Å². The molecule has 1 fully saturated rings. The van der Waals surface area contributed by atoms with Crippen LogP contribution in [0.1, 0.15) is 37.0 Å². The number of amides is 1. The maximum Gasteiger partial charge on any atom is 0.284 e. The molecule has 21 heavy (non-hydrogen) atoms. The molecular weight excluding hydrogens is 336 g/mol. The van der Waals surface area contributed by atoms with Crippen LogP contribution in [0.2, 0.25) is 0 Å². The molecule has 0 aliphatic carbocycles. The Bertz CT molecular complexity index is 552. The van der Waals surface area contributed by atoms with Crippen molar-refractivity contribution in [1.82, 2.24) is 4.90 Å². The zero-order valence-corrected chi connectivity index (χ0v) is 13.8. The van der Waals surface area contributed by atoms with Gasteiger partial charge in [0.15, 0.2) is 0 Å². The lowest BCUT2D eigenvalue weighted by Crippen LogP contribution is -2.39. The predicted molar refractivity (Wildman–Crippen MR) is 84.3 cm³/mol. The molecule has 0 bridgehead atoms. The molecule has 0 saturated carbocycles. The van der Waals surface area contributed by atoms with Gasteiger partial charge in [0.1, 0.15) is 4.47 Å². The monoisotopic (exact) mass is 354 g/mol. The molecule has 1 amide bonds. The topological polar surface area (TPSA) is 63.5 Å². The average molecular weight is 355 g/mol. The van der Waals surface area contributed by atoms with Gasteiger partial charge in [0.05, 0.1) is 10.5 Å². The zero-order valence-electron chi connectivity index (χ0n) is 12.2. The highest BCUT2D eigenvalue weighted by Crippen LogP contribution is 2.31. The van der Waals surface area contributed by atoms with E-state index < -0.39 is 4.92 Å². The van der Waals surface area contributed by atoms with E-state index in [1.54, 1.807) is 17.0 Å². The van der Waals surface area contributed by atoms with Gasteiger partial charge < -0.3 is 4.90 Å². The first-order valence-corrected chi connectivity index (χ1v) is 7.93. The van der Waals surface area contributed by atoms with Crippen molar-refractivity contribution in [2.75, 3.05) is 13.1 Å². The van der Waals surface area contributed by atoms with Crippen LogP contribution in [0.5, 0.6) is 0 Å². The molecule has 1 saturated heterocycles. The van der Waals surface area contributed by atoms with Gasteiger partial charge in [0.2, 0.25) is 0 Å². The number of nitro benzene ring substituents is 1. The Balaban J connectivity index is 2.15. The number of hydrogen-bond donors (Lipinski definition) is 0. The number of carbonyl (C=O) groups is 1. The lowest BCUT2D eigenvalue weighted by Gasteiger charge is -2.34. The lowest BCUT2D eigenvalue weighted by molar-refractivity contribution is -0.385. The van der Waals surface area contributed by atoms with E-state index in [-0.39, 0.29) is 16.1 Å². The molecule has 0 atom stereocenters. The fourth-order valence-electron chi connectivity index (χ4n) is 2.77. The van der Waals surface area contributed by atoms with E-state index in [0.717, 1.165) is 25.9 Å². The number of carbonyl (C=O) groups excluding carboxylic acids is 1. The highest BCUT2D eigenvalue weighted by Gasteiger charge is 2.28. The molecule has 1 aliphatic rings. The summed E-state index contributed by atoms with van der Waals surface area (Å²) in [7, 11) is 0. The van der Waals surface area contributed by atoms with Crippen molar-refractivity contribution in [2.45, 2.75) is 26.7 Å². The van der Waals surface area contributed by atoms with Gasteiger partial charge in [0.25, 0.3) is 11.6 Å². The number of halogens is 1. The average Bonchev–Trinajstić information content (AvgIpc) is 2.46. The standard InChI is InChI=1S/C15H19BrN2O3/c1-10(2)11-6-8-17(9-7-11)15(19)12-4-3-5-13(14(12)16)18(20)21/h3-5,10-11H,6-9H2,1-2H3. The summed E-state index contributed by atoms with van der Waals surface area (Å²) >= 11 is 3.19. The molecule has 0 spiro atoms. The van der Waals surface area contributed by atoms with E-state index in [1.165, 1.54) is 6.07 Å². The van der Waals surface area contributed by atoms with Gasteiger partial charge in [-0.3, -0.25) is 14.9 Å². The molecule has 6 heteroatoms. The molecule has 0 unspecified atom stereocenters. The summed E-state index contributed by atoms with van der Waals surface area (Å²) in [5.74, 6) is 1.15. The van der Waals surface area contributed by atoms with Gasteiger partial charge >= 0.3 is 0 Å². The van der Waals surface area contributed by atoms with E-state index in [0.29, 0.717) is 17.4 Å². The summed E-state index contributed by atoms with van der Waals surface area (Å²) in [6, 6.07) is 4.58. The Labute approximate surface area is 132 Å². The molecule has 114 valence electrons. The van der Waals surface area contributed by atoms with Crippen LogP contribution in [0.4, 0.5) is 5.69 Å². The zero-order chi connectivity index (χ0) is 15.6. The molecular formula is C15H19BrN2O3. The number of likely N-dealkylation sites (tertiary alicyclic amines) is 1. The normalized spacial score (nSPS) is 16.3. The van der Waals surface area contributed by atoms with Crippen LogP contribution in [0.15, 0.2) is 22.7 Å².